The molecular formula is C16H24N4O3. The van der Waals surface area contributed by atoms with E-state index >= 15 is 0 Å². The zero-order chi connectivity index (χ0) is 17.0. The van der Waals surface area contributed by atoms with Crippen LogP contribution in [0.1, 0.15) is 24.2 Å². The smallest absolute Gasteiger partial charge is 0.293 e. The number of anilines is 1. The minimum absolute atomic E-state index is 0.00764. The molecule has 1 N–H and O–H groups in total. The van der Waals surface area contributed by atoms with Crippen molar-refractivity contribution in [2.45, 2.75) is 13.8 Å². The van der Waals surface area contributed by atoms with Crippen LogP contribution >= 0.6 is 0 Å². The summed E-state index contributed by atoms with van der Waals surface area (Å²) in [4.78, 5) is 27.3. The van der Waals surface area contributed by atoms with E-state index in [0.29, 0.717) is 23.7 Å². The van der Waals surface area contributed by atoms with Crippen molar-refractivity contribution in [3.05, 3.63) is 33.9 Å². The molecular weight excluding hydrogens is 296 g/mol. The predicted octanol–water partition coefficient (Wildman–Crippen LogP) is 1.73. The zero-order valence-electron chi connectivity index (χ0n) is 13.9. The summed E-state index contributed by atoms with van der Waals surface area (Å²) in [5.74, 6) is 0.0604. The van der Waals surface area contributed by atoms with Gasteiger partial charge in [-0.25, -0.2) is 0 Å². The Kier molecular flexibility index (Phi) is 5.54. The van der Waals surface area contributed by atoms with Crippen molar-refractivity contribution >= 4 is 17.3 Å². The second-order valence-corrected chi connectivity index (χ2v) is 6.35. The molecule has 1 fully saturated rings. The molecule has 1 heterocycles. The number of nitrogens with zero attached hydrogens (tertiary/aromatic N) is 3. The summed E-state index contributed by atoms with van der Waals surface area (Å²) in [5, 5.41) is 14.2. The highest BCUT2D eigenvalue weighted by atomic mass is 16.6. The molecule has 0 radical (unpaired) electrons. The standard InChI is InChI=1S/C16H24N4O3/c1-12(2)11-17-16(21)13-4-5-14(15(10-13)20(22)23)19-8-6-18(3)7-9-19/h4-5,10,12H,6-9,11H2,1-3H3,(H,17,21). The average Bonchev–Trinajstić information content (AvgIpc) is 2.52. The van der Waals surface area contributed by atoms with Gasteiger partial charge >= 0.3 is 0 Å². The van der Waals surface area contributed by atoms with Crippen LogP contribution in [0.2, 0.25) is 0 Å². The Morgan fingerprint density at radius 2 is 1.96 bits per heavy atom. The van der Waals surface area contributed by atoms with Gasteiger partial charge in [-0.05, 0) is 25.1 Å². The Balaban J connectivity index is 2.21. The number of rotatable bonds is 5. The van der Waals surface area contributed by atoms with Gasteiger partial charge in [0, 0.05) is 44.4 Å². The van der Waals surface area contributed by atoms with Gasteiger partial charge in [0.25, 0.3) is 11.6 Å². The molecule has 0 spiro atoms. The third kappa shape index (κ3) is 4.41. The van der Waals surface area contributed by atoms with Crippen molar-refractivity contribution in [3.8, 4) is 0 Å². The van der Waals surface area contributed by atoms with Crippen molar-refractivity contribution in [2.24, 2.45) is 5.92 Å². The SMILES string of the molecule is CC(C)CNC(=O)c1ccc(N2CCN(C)CC2)c([N+](=O)[O-])c1. The van der Waals surface area contributed by atoms with Crippen LogP contribution in [0.5, 0.6) is 0 Å². The number of amides is 1. The van der Waals surface area contributed by atoms with E-state index in [1.54, 1.807) is 12.1 Å². The average molecular weight is 320 g/mol. The molecule has 1 aromatic carbocycles. The van der Waals surface area contributed by atoms with Crippen molar-refractivity contribution in [1.82, 2.24) is 10.2 Å². The van der Waals surface area contributed by atoms with E-state index in [-0.39, 0.29) is 11.6 Å². The quantitative estimate of drug-likeness (QED) is 0.660. The molecule has 1 saturated heterocycles. The summed E-state index contributed by atoms with van der Waals surface area (Å²) < 4.78 is 0. The molecule has 0 aromatic heterocycles. The molecule has 0 saturated carbocycles. The van der Waals surface area contributed by atoms with Gasteiger partial charge in [-0.15, -0.1) is 0 Å². The summed E-state index contributed by atoms with van der Waals surface area (Å²) in [7, 11) is 2.04. The Morgan fingerprint density at radius 1 is 1.30 bits per heavy atom. The molecule has 7 nitrogen and oxygen atoms in total. The molecule has 1 aliphatic heterocycles. The Labute approximate surface area is 136 Å². The molecule has 7 heteroatoms. The van der Waals surface area contributed by atoms with Gasteiger partial charge in [-0.3, -0.25) is 14.9 Å². The number of hydrogen-bond acceptors (Lipinski definition) is 5. The lowest BCUT2D eigenvalue weighted by atomic mass is 10.1. The molecule has 126 valence electrons. The summed E-state index contributed by atoms with van der Waals surface area (Å²) in [6.07, 6.45) is 0. The third-order valence-corrected chi connectivity index (χ3v) is 3.95. The van der Waals surface area contributed by atoms with Crippen LogP contribution < -0.4 is 10.2 Å². The molecule has 0 bridgehead atoms. The van der Waals surface area contributed by atoms with E-state index in [2.05, 4.69) is 10.2 Å². The molecule has 0 aliphatic carbocycles. The fourth-order valence-electron chi connectivity index (χ4n) is 2.52. The number of nitro benzene ring substituents is 1. The van der Waals surface area contributed by atoms with E-state index < -0.39 is 4.92 Å². The maximum Gasteiger partial charge on any atom is 0.293 e. The number of carbonyl (C=O) groups excluding carboxylic acids is 1. The van der Waals surface area contributed by atoms with Crippen molar-refractivity contribution < 1.29 is 9.72 Å². The molecule has 1 aliphatic rings. The van der Waals surface area contributed by atoms with E-state index in [1.165, 1.54) is 6.07 Å². The van der Waals surface area contributed by atoms with Gasteiger partial charge in [0.1, 0.15) is 5.69 Å². The molecule has 0 atom stereocenters. The minimum atomic E-state index is -0.410. The fraction of sp³-hybridized carbons (Fsp3) is 0.562. The lowest BCUT2D eigenvalue weighted by Gasteiger charge is -2.33. The van der Waals surface area contributed by atoms with Gasteiger partial charge in [-0.2, -0.15) is 0 Å². The van der Waals surface area contributed by atoms with Crippen LogP contribution in [0.4, 0.5) is 11.4 Å². The lowest BCUT2D eigenvalue weighted by Crippen LogP contribution is -2.44. The maximum atomic E-state index is 12.1. The highest BCUT2D eigenvalue weighted by Gasteiger charge is 2.24. The number of carbonyl (C=O) groups is 1. The number of piperazine rings is 1. The first-order valence-corrected chi connectivity index (χ1v) is 7.88. The van der Waals surface area contributed by atoms with E-state index in [9.17, 15) is 14.9 Å². The van der Waals surface area contributed by atoms with Gasteiger partial charge in [-0.1, -0.05) is 13.8 Å². The first-order chi connectivity index (χ1) is 10.9. The number of likely N-dealkylation sites (N-methyl/N-ethyl adjacent to an activating group) is 1. The zero-order valence-corrected chi connectivity index (χ0v) is 13.9. The summed E-state index contributed by atoms with van der Waals surface area (Å²) in [6, 6.07) is 4.73. The van der Waals surface area contributed by atoms with Crippen LogP contribution in [0.3, 0.4) is 0 Å². The Bertz CT molecular complexity index is 581. The number of benzene rings is 1. The first-order valence-electron chi connectivity index (χ1n) is 7.88. The van der Waals surface area contributed by atoms with Gasteiger partial charge in [0.2, 0.25) is 0 Å². The topological polar surface area (TPSA) is 78.7 Å². The molecule has 2 rings (SSSR count). The highest BCUT2D eigenvalue weighted by Crippen LogP contribution is 2.30. The molecule has 0 unspecified atom stereocenters. The second-order valence-electron chi connectivity index (χ2n) is 6.35. The predicted molar refractivity (Wildman–Crippen MR) is 90.0 cm³/mol. The van der Waals surface area contributed by atoms with Crippen LogP contribution in [-0.2, 0) is 0 Å². The summed E-state index contributed by atoms with van der Waals surface area (Å²) in [6.45, 7) is 7.78. The monoisotopic (exact) mass is 320 g/mol. The second kappa shape index (κ2) is 7.41. The van der Waals surface area contributed by atoms with Crippen LogP contribution in [0.25, 0.3) is 0 Å². The van der Waals surface area contributed by atoms with Crippen LogP contribution in [0, 0.1) is 16.0 Å². The number of nitro groups is 1. The first kappa shape index (κ1) is 17.2. The molecule has 1 aromatic rings. The fourth-order valence-corrected chi connectivity index (χ4v) is 2.52. The number of nitrogens with one attached hydrogen (secondary N) is 1. The third-order valence-electron chi connectivity index (χ3n) is 3.95. The van der Waals surface area contributed by atoms with Crippen LogP contribution in [-0.4, -0.2) is 55.5 Å². The molecule has 23 heavy (non-hydrogen) atoms. The van der Waals surface area contributed by atoms with Crippen LogP contribution in [0.15, 0.2) is 18.2 Å². The van der Waals surface area contributed by atoms with Crippen molar-refractivity contribution in [2.75, 3.05) is 44.7 Å². The van der Waals surface area contributed by atoms with E-state index in [0.717, 1.165) is 26.2 Å². The van der Waals surface area contributed by atoms with Gasteiger partial charge in [0.05, 0.1) is 4.92 Å². The summed E-state index contributed by atoms with van der Waals surface area (Å²) >= 11 is 0. The van der Waals surface area contributed by atoms with Crippen molar-refractivity contribution in [3.63, 3.8) is 0 Å². The van der Waals surface area contributed by atoms with Gasteiger partial charge < -0.3 is 15.1 Å². The Hall–Kier alpha value is -2.15. The Morgan fingerprint density at radius 3 is 2.52 bits per heavy atom. The maximum absolute atomic E-state index is 12.1. The number of hydrogen-bond donors (Lipinski definition) is 1. The molecule has 1 amide bonds. The van der Waals surface area contributed by atoms with E-state index in [1.807, 2.05) is 25.8 Å². The van der Waals surface area contributed by atoms with E-state index in [4.69, 9.17) is 0 Å². The normalized spacial score (nSPS) is 15.7. The van der Waals surface area contributed by atoms with Crippen molar-refractivity contribution in [1.29, 1.82) is 0 Å². The minimum Gasteiger partial charge on any atom is -0.363 e. The lowest BCUT2D eigenvalue weighted by molar-refractivity contribution is -0.384. The largest absolute Gasteiger partial charge is 0.363 e. The highest BCUT2D eigenvalue weighted by molar-refractivity contribution is 5.95. The summed E-state index contributed by atoms with van der Waals surface area (Å²) in [5.41, 5.74) is 0.908. The van der Waals surface area contributed by atoms with Gasteiger partial charge in [0.15, 0.2) is 0 Å².